The average molecular weight is 498 g/mol. The van der Waals surface area contributed by atoms with Crippen LogP contribution in [0.25, 0.3) is 10.4 Å². The normalized spacial score (nSPS) is 12.0. The minimum Gasteiger partial charge on any atom is -0.478 e. The van der Waals surface area contributed by atoms with Crippen molar-refractivity contribution in [3.05, 3.63) is 76.2 Å². The fraction of sp³-hybridized carbons (Fsp3) is 0.250. The van der Waals surface area contributed by atoms with Gasteiger partial charge in [0, 0.05) is 11.3 Å². The second-order valence-corrected chi connectivity index (χ2v) is 9.01. The summed E-state index contributed by atoms with van der Waals surface area (Å²) < 4.78 is 72.0. The lowest BCUT2D eigenvalue weighted by Gasteiger charge is -2.22. The number of halogens is 5. The minimum atomic E-state index is -4.44. The molecule has 0 aliphatic rings. The summed E-state index contributed by atoms with van der Waals surface area (Å²) in [6, 6.07) is 10.0. The van der Waals surface area contributed by atoms with Crippen molar-refractivity contribution >= 4 is 23.1 Å². The predicted octanol–water partition coefficient (Wildman–Crippen LogP) is 6.77. The highest BCUT2D eigenvalue weighted by atomic mass is 32.1. The van der Waals surface area contributed by atoms with E-state index in [-0.39, 0.29) is 24.2 Å². The maximum absolute atomic E-state index is 14.4. The molecule has 3 aromatic rings. The molecule has 2 aromatic carbocycles. The van der Waals surface area contributed by atoms with Crippen LogP contribution in [0.15, 0.2) is 48.5 Å². The Bertz CT molecular complexity index is 1210. The van der Waals surface area contributed by atoms with Crippen LogP contribution in [-0.2, 0) is 17.4 Å². The van der Waals surface area contributed by atoms with Crippen LogP contribution in [0, 0.1) is 11.6 Å². The molecule has 34 heavy (non-hydrogen) atoms. The number of carboxylic acid groups (broad SMARTS) is 1. The lowest BCUT2D eigenvalue weighted by Crippen LogP contribution is -2.38. The van der Waals surface area contributed by atoms with Gasteiger partial charge in [0.15, 0.2) is 23.0 Å². The van der Waals surface area contributed by atoms with Gasteiger partial charge in [0.1, 0.15) is 0 Å². The molecule has 1 N–H and O–H groups in total. The van der Waals surface area contributed by atoms with Gasteiger partial charge in [-0.05, 0) is 61.7 Å². The number of Topliss-reactive ketones (excluding diaryl/α,β-unsaturated/α-hetero) is 1. The number of alkyl halides is 3. The minimum absolute atomic E-state index is 0.0779. The molecule has 0 bridgehead atoms. The zero-order valence-electron chi connectivity index (χ0n) is 18.0. The molecule has 180 valence electrons. The van der Waals surface area contributed by atoms with Crippen molar-refractivity contribution in [3.63, 3.8) is 0 Å². The van der Waals surface area contributed by atoms with E-state index in [1.54, 1.807) is 6.07 Å². The average Bonchev–Trinajstić information content (AvgIpc) is 3.26. The van der Waals surface area contributed by atoms with Crippen LogP contribution in [0.1, 0.15) is 41.1 Å². The second kappa shape index (κ2) is 9.54. The van der Waals surface area contributed by atoms with Gasteiger partial charge in [-0.1, -0.05) is 18.2 Å². The molecule has 4 nitrogen and oxygen atoms in total. The van der Waals surface area contributed by atoms with E-state index in [0.29, 0.717) is 15.3 Å². The number of hydrogen-bond acceptors (Lipinski definition) is 4. The van der Waals surface area contributed by atoms with E-state index in [2.05, 4.69) is 0 Å². The Balaban J connectivity index is 1.68. The molecule has 0 radical (unpaired) electrons. The van der Waals surface area contributed by atoms with Crippen molar-refractivity contribution in [3.8, 4) is 16.2 Å². The van der Waals surface area contributed by atoms with Crippen molar-refractivity contribution in [2.45, 2.75) is 38.5 Å². The third-order valence-corrected chi connectivity index (χ3v) is 6.18. The standard InChI is InChI=1S/C24H19F5O4S/c1-23(2,22(31)32)33-17-10-6-14(20(25)21(17)26)5-9-16(30)19-12-11-18(34-19)13-3-7-15(8-4-13)24(27,28)29/h3-4,6-8,10-12H,5,9H2,1-2H3,(H,31,32). The van der Waals surface area contributed by atoms with E-state index < -0.39 is 40.7 Å². The Hall–Kier alpha value is -3.27. The van der Waals surface area contributed by atoms with Crippen LogP contribution < -0.4 is 4.74 Å². The number of carbonyl (C=O) groups excluding carboxylic acids is 1. The molecule has 0 aliphatic carbocycles. The molecule has 0 amide bonds. The molecule has 0 fully saturated rings. The van der Waals surface area contributed by atoms with Crippen LogP contribution >= 0.6 is 11.3 Å². The van der Waals surface area contributed by atoms with Gasteiger partial charge in [-0.25, -0.2) is 9.18 Å². The summed E-state index contributed by atoms with van der Waals surface area (Å²) in [5.74, 6) is -4.83. The number of carbonyl (C=O) groups is 2. The molecule has 0 saturated heterocycles. The summed E-state index contributed by atoms with van der Waals surface area (Å²) in [5.41, 5.74) is -2.11. The highest BCUT2D eigenvalue weighted by molar-refractivity contribution is 7.17. The van der Waals surface area contributed by atoms with Crippen LogP contribution in [0.5, 0.6) is 5.75 Å². The Morgan fingerprint density at radius 2 is 1.59 bits per heavy atom. The van der Waals surface area contributed by atoms with Crippen LogP contribution in [0.3, 0.4) is 0 Å². The first kappa shape index (κ1) is 25.4. The van der Waals surface area contributed by atoms with Crippen molar-refractivity contribution in [2.24, 2.45) is 0 Å². The van der Waals surface area contributed by atoms with Gasteiger partial charge in [0.2, 0.25) is 5.82 Å². The molecular weight excluding hydrogens is 479 g/mol. The molecule has 0 unspecified atom stereocenters. The topological polar surface area (TPSA) is 63.6 Å². The summed E-state index contributed by atoms with van der Waals surface area (Å²) in [7, 11) is 0. The van der Waals surface area contributed by atoms with Crippen molar-refractivity contribution in [2.75, 3.05) is 0 Å². The summed E-state index contributed by atoms with van der Waals surface area (Å²) in [6.07, 6.45) is -4.69. The third-order valence-electron chi connectivity index (χ3n) is 5.01. The smallest absolute Gasteiger partial charge is 0.416 e. The third kappa shape index (κ3) is 5.61. The van der Waals surface area contributed by atoms with Crippen LogP contribution in [-0.4, -0.2) is 22.5 Å². The number of aryl methyl sites for hydroxylation is 1. The maximum Gasteiger partial charge on any atom is 0.416 e. The van der Waals surface area contributed by atoms with Crippen molar-refractivity contribution in [1.82, 2.24) is 0 Å². The quantitative estimate of drug-likeness (QED) is 0.275. The fourth-order valence-corrected chi connectivity index (χ4v) is 3.98. The molecule has 0 aliphatic heterocycles. The zero-order chi connectivity index (χ0) is 25.3. The first-order valence-corrected chi connectivity index (χ1v) is 10.8. The first-order valence-electron chi connectivity index (χ1n) is 9.99. The number of ether oxygens (including phenoxy) is 1. The van der Waals surface area contributed by atoms with Crippen LogP contribution in [0.2, 0.25) is 0 Å². The van der Waals surface area contributed by atoms with Crippen LogP contribution in [0.4, 0.5) is 22.0 Å². The monoisotopic (exact) mass is 498 g/mol. The van der Waals surface area contributed by atoms with E-state index in [9.17, 15) is 31.5 Å². The predicted molar refractivity (Wildman–Crippen MR) is 116 cm³/mol. The van der Waals surface area contributed by atoms with E-state index in [1.165, 1.54) is 38.1 Å². The summed E-state index contributed by atoms with van der Waals surface area (Å²) in [4.78, 5) is 24.6. The number of carboxylic acids is 1. The van der Waals surface area contributed by atoms with Gasteiger partial charge in [0.05, 0.1) is 10.4 Å². The van der Waals surface area contributed by atoms with Gasteiger partial charge in [-0.15, -0.1) is 11.3 Å². The fourth-order valence-electron chi connectivity index (χ4n) is 3.00. The Kier molecular flexibility index (Phi) is 7.11. The molecule has 3 rings (SSSR count). The summed E-state index contributed by atoms with van der Waals surface area (Å²) in [5, 5.41) is 9.07. The SMILES string of the molecule is CC(C)(Oc1ccc(CCC(=O)c2ccc(-c3ccc(C(F)(F)F)cc3)s2)c(F)c1F)C(=O)O. The number of rotatable bonds is 8. The molecule has 0 spiro atoms. The van der Waals surface area contributed by atoms with Crippen molar-refractivity contribution in [1.29, 1.82) is 0 Å². The van der Waals surface area contributed by atoms with Gasteiger partial charge in [-0.2, -0.15) is 17.6 Å². The molecule has 10 heteroatoms. The van der Waals surface area contributed by atoms with E-state index in [1.807, 2.05) is 0 Å². The molecular formula is C24H19F5O4S. The van der Waals surface area contributed by atoms with Gasteiger partial charge >= 0.3 is 12.1 Å². The van der Waals surface area contributed by atoms with E-state index >= 15 is 0 Å². The number of aliphatic carboxylic acids is 1. The molecule has 1 heterocycles. The molecule has 0 saturated carbocycles. The van der Waals surface area contributed by atoms with E-state index in [4.69, 9.17) is 9.84 Å². The van der Waals surface area contributed by atoms with Gasteiger partial charge in [-0.3, -0.25) is 4.79 Å². The molecule has 1 aromatic heterocycles. The Morgan fingerprint density at radius 1 is 0.941 bits per heavy atom. The number of benzene rings is 2. The highest BCUT2D eigenvalue weighted by Gasteiger charge is 2.32. The van der Waals surface area contributed by atoms with Gasteiger partial charge < -0.3 is 9.84 Å². The summed E-state index contributed by atoms with van der Waals surface area (Å²) in [6.45, 7) is 2.39. The number of hydrogen-bond donors (Lipinski definition) is 1. The van der Waals surface area contributed by atoms with E-state index in [0.717, 1.165) is 29.5 Å². The lowest BCUT2D eigenvalue weighted by molar-refractivity contribution is -0.152. The van der Waals surface area contributed by atoms with Crippen molar-refractivity contribution < 1.29 is 41.4 Å². The summed E-state index contributed by atoms with van der Waals surface area (Å²) >= 11 is 1.09. The largest absolute Gasteiger partial charge is 0.478 e. The molecule has 0 atom stereocenters. The Labute approximate surface area is 195 Å². The first-order chi connectivity index (χ1) is 15.8. The maximum atomic E-state index is 14.4. The zero-order valence-corrected chi connectivity index (χ0v) is 18.8. The Morgan fingerprint density at radius 3 is 2.18 bits per heavy atom. The second-order valence-electron chi connectivity index (χ2n) is 7.93. The number of thiophene rings is 1. The highest BCUT2D eigenvalue weighted by Crippen LogP contribution is 2.34. The lowest BCUT2D eigenvalue weighted by atomic mass is 10.1. The number of ketones is 1. The van der Waals surface area contributed by atoms with Gasteiger partial charge in [0.25, 0.3) is 0 Å².